The Labute approximate surface area is 167 Å². The number of aliphatic hydroxyl groups excluding tert-OH is 1. The van der Waals surface area contributed by atoms with Crippen LogP contribution in [0.15, 0.2) is 71.7 Å². The maximum atomic E-state index is 14.0. The summed E-state index contributed by atoms with van der Waals surface area (Å²) in [7, 11) is 1.55. The van der Waals surface area contributed by atoms with Crippen LogP contribution in [0.25, 0.3) is 5.69 Å². The van der Waals surface area contributed by atoms with Gasteiger partial charge in [0, 0.05) is 36.6 Å². The van der Waals surface area contributed by atoms with Crippen molar-refractivity contribution < 1.29 is 19.0 Å². The lowest BCUT2D eigenvalue weighted by Crippen LogP contribution is -2.34. The van der Waals surface area contributed by atoms with E-state index in [-0.39, 0.29) is 30.8 Å². The zero-order valence-electron chi connectivity index (χ0n) is 15.9. The van der Waals surface area contributed by atoms with Crippen molar-refractivity contribution in [3.63, 3.8) is 0 Å². The second-order valence-electron chi connectivity index (χ2n) is 6.37. The smallest absolute Gasteiger partial charge is 0.255 e. The Kier molecular flexibility index (Phi) is 6.41. The van der Waals surface area contributed by atoms with Crippen LogP contribution in [-0.2, 0) is 6.54 Å². The molecule has 2 aromatic carbocycles. The standard InChI is InChI=1S/C22H21FN2O4/c1-29-19-9-7-18(8-10-19)25-15-17(6-11-21(25)27)22(28)24(12-13-26)14-16-4-2-3-5-20(16)23/h2-11,15,26H,12-14H2,1H3. The first kappa shape index (κ1) is 20.3. The van der Waals surface area contributed by atoms with Gasteiger partial charge in [0.2, 0.25) is 0 Å². The van der Waals surface area contributed by atoms with Crippen LogP contribution in [0, 0.1) is 5.82 Å². The first-order chi connectivity index (χ1) is 14.0. The Morgan fingerprint density at radius 1 is 1.10 bits per heavy atom. The number of halogens is 1. The second kappa shape index (κ2) is 9.16. The van der Waals surface area contributed by atoms with Crippen LogP contribution in [0.2, 0.25) is 0 Å². The van der Waals surface area contributed by atoms with Gasteiger partial charge in [-0.1, -0.05) is 18.2 Å². The molecule has 0 saturated heterocycles. The zero-order valence-corrected chi connectivity index (χ0v) is 15.9. The lowest BCUT2D eigenvalue weighted by atomic mass is 10.1. The van der Waals surface area contributed by atoms with E-state index in [0.717, 1.165) is 0 Å². The van der Waals surface area contributed by atoms with Crippen LogP contribution < -0.4 is 10.3 Å². The van der Waals surface area contributed by atoms with Crippen molar-refractivity contribution in [3.05, 3.63) is 94.2 Å². The molecular weight excluding hydrogens is 375 g/mol. The Balaban J connectivity index is 1.92. The number of hydrogen-bond acceptors (Lipinski definition) is 4. The van der Waals surface area contributed by atoms with Gasteiger partial charge in [-0.25, -0.2) is 4.39 Å². The van der Waals surface area contributed by atoms with Gasteiger partial charge < -0.3 is 14.7 Å². The monoisotopic (exact) mass is 396 g/mol. The van der Waals surface area contributed by atoms with Crippen molar-refractivity contribution in [1.82, 2.24) is 9.47 Å². The summed E-state index contributed by atoms with van der Waals surface area (Å²) in [5.41, 5.74) is 0.880. The van der Waals surface area contributed by atoms with E-state index in [4.69, 9.17) is 4.74 Å². The third-order valence-electron chi connectivity index (χ3n) is 4.48. The summed E-state index contributed by atoms with van der Waals surface area (Å²) in [6.45, 7) is -0.221. The normalized spacial score (nSPS) is 10.6. The highest BCUT2D eigenvalue weighted by Crippen LogP contribution is 2.16. The number of ether oxygens (including phenoxy) is 1. The Morgan fingerprint density at radius 3 is 2.48 bits per heavy atom. The van der Waals surface area contributed by atoms with E-state index < -0.39 is 11.7 Å². The van der Waals surface area contributed by atoms with E-state index in [2.05, 4.69) is 0 Å². The maximum Gasteiger partial charge on any atom is 0.255 e. The van der Waals surface area contributed by atoms with Crippen LogP contribution in [-0.4, -0.2) is 40.7 Å². The molecule has 1 amide bonds. The van der Waals surface area contributed by atoms with Crippen LogP contribution in [0.3, 0.4) is 0 Å². The summed E-state index contributed by atoms with van der Waals surface area (Å²) in [5, 5.41) is 9.35. The Hall–Kier alpha value is -3.45. The van der Waals surface area contributed by atoms with Gasteiger partial charge in [0.25, 0.3) is 11.5 Å². The molecule has 1 heterocycles. The highest BCUT2D eigenvalue weighted by Gasteiger charge is 2.18. The minimum Gasteiger partial charge on any atom is -0.497 e. The van der Waals surface area contributed by atoms with Crippen molar-refractivity contribution >= 4 is 5.91 Å². The third-order valence-corrected chi connectivity index (χ3v) is 4.48. The molecule has 0 bridgehead atoms. The van der Waals surface area contributed by atoms with Gasteiger partial charge in [-0.05, 0) is 36.4 Å². The first-order valence-corrected chi connectivity index (χ1v) is 9.04. The summed E-state index contributed by atoms with van der Waals surface area (Å²) in [5.74, 6) is -0.191. The van der Waals surface area contributed by atoms with Crippen molar-refractivity contribution in [2.45, 2.75) is 6.54 Å². The van der Waals surface area contributed by atoms with E-state index in [1.165, 1.54) is 33.9 Å². The van der Waals surface area contributed by atoms with E-state index in [1.54, 1.807) is 49.6 Å². The zero-order chi connectivity index (χ0) is 20.8. The number of rotatable bonds is 7. The largest absolute Gasteiger partial charge is 0.497 e. The van der Waals surface area contributed by atoms with Gasteiger partial charge in [0.1, 0.15) is 11.6 Å². The summed E-state index contributed by atoms with van der Waals surface area (Å²) < 4.78 is 20.5. The summed E-state index contributed by atoms with van der Waals surface area (Å²) >= 11 is 0. The van der Waals surface area contributed by atoms with Gasteiger partial charge in [-0.3, -0.25) is 14.2 Å². The Morgan fingerprint density at radius 2 is 1.83 bits per heavy atom. The lowest BCUT2D eigenvalue weighted by Gasteiger charge is -2.22. The van der Waals surface area contributed by atoms with Gasteiger partial charge in [0.15, 0.2) is 0 Å². The van der Waals surface area contributed by atoms with Gasteiger partial charge in [-0.2, -0.15) is 0 Å². The third kappa shape index (κ3) is 4.70. The van der Waals surface area contributed by atoms with Crippen molar-refractivity contribution in [2.24, 2.45) is 0 Å². The molecule has 0 spiro atoms. The maximum absolute atomic E-state index is 14.0. The molecule has 1 N–H and O–H groups in total. The van der Waals surface area contributed by atoms with Gasteiger partial charge >= 0.3 is 0 Å². The number of pyridine rings is 1. The van der Waals surface area contributed by atoms with Crippen molar-refractivity contribution in [3.8, 4) is 11.4 Å². The number of carbonyl (C=O) groups excluding carboxylic acids is 1. The molecule has 0 atom stereocenters. The number of aromatic nitrogens is 1. The average Bonchev–Trinajstić information content (AvgIpc) is 2.75. The molecule has 0 radical (unpaired) electrons. The SMILES string of the molecule is COc1ccc(-n2cc(C(=O)N(CCO)Cc3ccccc3F)ccc2=O)cc1. The number of benzene rings is 2. The predicted octanol–water partition coefficient (Wildman–Crippen LogP) is 2.62. The molecular formula is C22H21FN2O4. The number of aliphatic hydroxyl groups is 1. The number of nitrogens with zero attached hydrogens (tertiary/aromatic N) is 2. The highest BCUT2D eigenvalue weighted by molar-refractivity contribution is 5.94. The van der Waals surface area contributed by atoms with E-state index in [1.807, 2.05) is 0 Å². The number of hydrogen-bond donors (Lipinski definition) is 1. The molecule has 0 saturated carbocycles. The van der Waals surface area contributed by atoms with Crippen LogP contribution in [0.1, 0.15) is 15.9 Å². The molecule has 150 valence electrons. The van der Waals surface area contributed by atoms with Crippen LogP contribution in [0.4, 0.5) is 4.39 Å². The van der Waals surface area contributed by atoms with Crippen LogP contribution >= 0.6 is 0 Å². The quantitative estimate of drug-likeness (QED) is 0.667. The lowest BCUT2D eigenvalue weighted by molar-refractivity contribution is 0.0705. The molecule has 0 aliphatic rings. The fourth-order valence-corrected chi connectivity index (χ4v) is 2.95. The predicted molar refractivity (Wildman–Crippen MR) is 107 cm³/mol. The molecule has 0 aliphatic carbocycles. The van der Waals surface area contributed by atoms with E-state index in [9.17, 15) is 19.1 Å². The number of methoxy groups -OCH3 is 1. The molecule has 0 fully saturated rings. The summed E-state index contributed by atoms with van der Waals surface area (Å²) in [4.78, 5) is 26.6. The fourth-order valence-electron chi connectivity index (χ4n) is 2.95. The molecule has 0 aliphatic heterocycles. The van der Waals surface area contributed by atoms with Crippen LogP contribution in [0.5, 0.6) is 5.75 Å². The summed E-state index contributed by atoms with van der Waals surface area (Å²) in [6, 6.07) is 15.7. The molecule has 7 heteroatoms. The summed E-state index contributed by atoms with van der Waals surface area (Å²) in [6.07, 6.45) is 1.44. The topological polar surface area (TPSA) is 71.8 Å². The molecule has 6 nitrogen and oxygen atoms in total. The number of amides is 1. The number of carbonyl (C=O) groups is 1. The Bertz CT molecular complexity index is 1050. The minimum absolute atomic E-state index is 0.00767. The molecule has 1 aromatic heterocycles. The second-order valence-corrected chi connectivity index (χ2v) is 6.37. The van der Waals surface area contributed by atoms with Gasteiger partial charge in [-0.15, -0.1) is 0 Å². The van der Waals surface area contributed by atoms with Gasteiger partial charge in [0.05, 0.1) is 19.3 Å². The fraction of sp³-hybridized carbons (Fsp3) is 0.182. The minimum atomic E-state index is -0.425. The molecule has 3 rings (SSSR count). The molecule has 0 unspecified atom stereocenters. The first-order valence-electron chi connectivity index (χ1n) is 9.04. The molecule has 29 heavy (non-hydrogen) atoms. The van der Waals surface area contributed by atoms with E-state index >= 15 is 0 Å². The average molecular weight is 396 g/mol. The van der Waals surface area contributed by atoms with Crippen molar-refractivity contribution in [1.29, 1.82) is 0 Å². The molecule has 3 aromatic rings. The van der Waals surface area contributed by atoms with Crippen molar-refractivity contribution in [2.75, 3.05) is 20.3 Å². The highest BCUT2D eigenvalue weighted by atomic mass is 19.1. The van der Waals surface area contributed by atoms with E-state index in [0.29, 0.717) is 17.0 Å².